The molecule has 2 saturated heterocycles. The zero-order chi connectivity index (χ0) is 22.0. The van der Waals surface area contributed by atoms with E-state index in [2.05, 4.69) is 17.1 Å². The van der Waals surface area contributed by atoms with Crippen molar-refractivity contribution in [2.75, 3.05) is 26.3 Å². The molecule has 5 nitrogen and oxygen atoms in total. The normalized spacial score (nSPS) is 21.4. The second-order valence-electron chi connectivity index (χ2n) is 9.19. The van der Waals surface area contributed by atoms with Crippen LogP contribution in [0.25, 0.3) is 11.0 Å². The summed E-state index contributed by atoms with van der Waals surface area (Å²) in [5, 5.41) is 1.13. The van der Waals surface area contributed by atoms with Gasteiger partial charge in [0, 0.05) is 49.1 Å². The summed E-state index contributed by atoms with van der Waals surface area (Å²) in [4.78, 5) is 23.8. The fourth-order valence-corrected chi connectivity index (χ4v) is 5.42. The van der Waals surface area contributed by atoms with Gasteiger partial charge in [-0.1, -0.05) is 18.2 Å². The summed E-state index contributed by atoms with van der Waals surface area (Å²) in [5.41, 5.74) is 1.73. The highest BCUT2D eigenvalue weighted by Gasteiger charge is 2.45. The lowest BCUT2D eigenvalue weighted by Gasteiger charge is -2.40. The van der Waals surface area contributed by atoms with Crippen LogP contribution in [0, 0.1) is 11.7 Å². The molecule has 0 aliphatic carbocycles. The van der Waals surface area contributed by atoms with Gasteiger partial charge in [0.25, 0.3) is 0 Å². The van der Waals surface area contributed by atoms with E-state index in [0.717, 1.165) is 49.0 Å². The molecule has 1 aromatic carbocycles. The number of likely N-dealkylation sites (tertiary alicyclic amines) is 1. The number of rotatable bonds is 4. The average Bonchev–Trinajstić information content (AvgIpc) is 3.17. The first-order chi connectivity index (χ1) is 15.7. The maximum atomic E-state index is 14.8. The summed E-state index contributed by atoms with van der Waals surface area (Å²) in [6.07, 6.45) is 6.89. The van der Waals surface area contributed by atoms with Gasteiger partial charge < -0.3 is 14.6 Å². The van der Waals surface area contributed by atoms with E-state index in [1.165, 1.54) is 6.07 Å². The van der Waals surface area contributed by atoms with Crippen molar-refractivity contribution in [1.82, 2.24) is 14.9 Å². The molecule has 0 spiro atoms. The molecule has 0 bridgehead atoms. The van der Waals surface area contributed by atoms with Crippen LogP contribution in [0.4, 0.5) is 4.39 Å². The standard InChI is InChI=1S/C26H30FN3O2/c27-23-6-2-1-5-22(23)26(11-16-32-17-12-26)25(31)30-14-3-4-19(10-15-30)18-21-8-7-20-9-13-28-24(20)29-21/h1-2,5-9,13,19H,3-4,10-12,14-18H2,(H,28,29)/t19-/m1/s1. The lowest BCUT2D eigenvalue weighted by molar-refractivity contribution is -0.141. The number of carbonyl (C=O) groups is 1. The Balaban J connectivity index is 1.31. The van der Waals surface area contributed by atoms with Gasteiger partial charge in [-0.2, -0.15) is 0 Å². The largest absolute Gasteiger partial charge is 0.381 e. The Morgan fingerprint density at radius 3 is 2.81 bits per heavy atom. The van der Waals surface area contributed by atoms with E-state index in [4.69, 9.17) is 9.72 Å². The van der Waals surface area contributed by atoms with Gasteiger partial charge in [0.15, 0.2) is 0 Å². The zero-order valence-corrected chi connectivity index (χ0v) is 18.4. The van der Waals surface area contributed by atoms with E-state index in [1.807, 2.05) is 23.2 Å². The first-order valence-corrected chi connectivity index (χ1v) is 11.7. The van der Waals surface area contributed by atoms with Gasteiger partial charge in [0.05, 0.1) is 5.41 Å². The van der Waals surface area contributed by atoms with Gasteiger partial charge >= 0.3 is 0 Å². The molecule has 2 aliphatic heterocycles. The van der Waals surface area contributed by atoms with Crippen LogP contribution in [-0.4, -0.2) is 47.1 Å². The molecule has 0 saturated carbocycles. The Morgan fingerprint density at radius 2 is 1.97 bits per heavy atom. The lowest BCUT2D eigenvalue weighted by atomic mass is 9.72. The molecule has 6 heteroatoms. The Hall–Kier alpha value is -2.73. The van der Waals surface area contributed by atoms with Gasteiger partial charge in [0.1, 0.15) is 11.5 Å². The number of hydrogen-bond donors (Lipinski definition) is 1. The molecule has 5 rings (SSSR count). The first kappa shape index (κ1) is 21.1. The van der Waals surface area contributed by atoms with E-state index in [1.54, 1.807) is 12.1 Å². The molecule has 0 unspecified atom stereocenters. The van der Waals surface area contributed by atoms with Crippen molar-refractivity contribution in [3.63, 3.8) is 0 Å². The van der Waals surface area contributed by atoms with Crippen molar-refractivity contribution in [2.24, 2.45) is 5.92 Å². The van der Waals surface area contributed by atoms with Crippen LogP contribution in [0.15, 0.2) is 48.7 Å². The van der Waals surface area contributed by atoms with Crippen molar-refractivity contribution < 1.29 is 13.9 Å². The third kappa shape index (κ3) is 4.04. The van der Waals surface area contributed by atoms with E-state index < -0.39 is 5.41 Å². The third-order valence-electron chi connectivity index (χ3n) is 7.24. The molecule has 1 N–H and O–H groups in total. The highest BCUT2D eigenvalue weighted by Crippen LogP contribution is 2.39. The minimum atomic E-state index is -0.816. The molecule has 2 aromatic heterocycles. The van der Waals surface area contributed by atoms with Gasteiger partial charge in [-0.15, -0.1) is 0 Å². The van der Waals surface area contributed by atoms with Gasteiger partial charge in [0.2, 0.25) is 5.91 Å². The Labute approximate surface area is 188 Å². The molecule has 4 heterocycles. The van der Waals surface area contributed by atoms with Gasteiger partial charge in [-0.3, -0.25) is 4.79 Å². The van der Waals surface area contributed by atoms with Crippen LogP contribution in [0.1, 0.15) is 43.4 Å². The van der Waals surface area contributed by atoms with Gasteiger partial charge in [-0.05, 0) is 68.7 Å². The van der Waals surface area contributed by atoms with Crippen molar-refractivity contribution in [2.45, 2.75) is 43.9 Å². The molecular weight excluding hydrogens is 405 g/mol. The van der Waals surface area contributed by atoms with Crippen LogP contribution in [-0.2, 0) is 21.4 Å². The number of pyridine rings is 1. The van der Waals surface area contributed by atoms with Crippen molar-refractivity contribution >= 4 is 16.9 Å². The monoisotopic (exact) mass is 435 g/mol. The molecule has 1 atom stereocenters. The zero-order valence-electron chi connectivity index (χ0n) is 18.4. The molecular formula is C26H30FN3O2. The highest BCUT2D eigenvalue weighted by atomic mass is 19.1. The second kappa shape index (κ2) is 9.02. The predicted molar refractivity (Wildman–Crippen MR) is 122 cm³/mol. The molecule has 32 heavy (non-hydrogen) atoms. The Kier molecular flexibility index (Phi) is 5.96. The number of halogens is 1. The topological polar surface area (TPSA) is 58.2 Å². The SMILES string of the molecule is O=C(N1CCC[C@@H](Cc2ccc3cc[nH]c3n2)CC1)C1(c2ccccc2F)CCOCC1. The number of nitrogens with one attached hydrogen (secondary N) is 1. The van der Waals surface area contributed by atoms with Crippen LogP contribution < -0.4 is 0 Å². The number of nitrogens with zero attached hydrogens (tertiary/aromatic N) is 2. The number of fused-ring (bicyclic) bond motifs is 1. The first-order valence-electron chi connectivity index (χ1n) is 11.7. The molecule has 3 aromatic rings. The van der Waals surface area contributed by atoms with Crippen LogP contribution in [0.5, 0.6) is 0 Å². The van der Waals surface area contributed by atoms with E-state index in [9.17, 15) is 9.18 Å². The highest BCUT2D eigenvalue weighted by molar-refractivity contribution is 5.88. The average molecular weight is 436 g/mol. The fraction of sp³-hybridized carbons (Fsp3) is 0.462. The lowest BCUT2D eigenvalue weighted by Crippen LogP contribution is -2.50. The molecule has 2 aliphatic rings. The second-order valence-corrected chi connectivity index (χ2v) is 9.19. The third-order valence-corrected chi connectivity index (χ3v) is 7.24. The summed E-state index contributed by atoms with van der Waals surface area (Å²) in [5.74, 6) is 0.269. The van der Waals surface area contributed by atoms with Gasteiger partial charge in [-0.25, -0.2) is 9.37 Å². The maximum absolute atomic E-state index is 14.8. The van der Waals surface area contributed by atoms with E-state index in [-0.39, 0.29) is 11.7 Å². The molecule has 0 radical (unpaired) electrons. The van der Waals surface area contributed by atoms with Crippen LogP contribution in [0.2, 0.25) is 0 Å². The summed E-state index contributed by atoms with van der Waals surface area (Å²) in [6, 6.07) is 13.0. The number of ether oxygens (including phenoxy) is 1. The van der Waals surface area contributed by atoms with Crippen LogP contribution >= 0.6 is 0 Å². The smallest absolute Gasteiger partial charge is 0.233 e. The number of benzene rings is 1. The number of H-pyrrole nitrogens is 1. The number of amides is 1. The van der Waals surface area contributed by atoms with Crippen molar-refractivity contribution in [3.05, 3.63) is 65.7 Å². The fourth-order valence-electron chi connectivity index (χ4n) is 5.42. The number of hydrogen-bond acceptors (Lipinski definition) is 3. The number of carbonyl (C=O) groups excluding carboxylic acids is 1. The summed E-state index contributed by atoms with van der Waals surface area (Å²) in [6.45, 7) is 2.42. The Morgan fingerprint density at radius 1 is 1.12 bits per heavy atom. The minimum absolute atomic E-state index is 0.0671. The quantitative estimate of drug-likeness (QED) is 0.651. The number of aromatic nitrogens is 2. The van der Waals surface area contributed by atoms with Crippen LogP contribution in [0.3, 0.4) is 0 Å². The summed E-state index contributed by atoms with van der Waals surface area (Å²) in [7, 11) is 0. The molecule has 2 fully saturated rings. The van der Waals surface area contributed by atoms with Crippen molar-refractivity contribution in [3.8, 4) is 0 Å². The predicted octanol–water partition coefficient (Wildman–Crippen LogP) is 4.62. The summed E-state index contributed by atoms with van der Waals surface area (Å²) >= 11 is 0. The summed E-state index contributed by atoms with van der Waals surface area (Å²) < 4.78 is 20.4. The molecule has 168 valence electrons. The van der Waals surface area contributed by atoms with Crippen molar-refractivity contribution in [1.29, 1.82) is 0 Å². The minimum Gasteiger partial charge on any atom is -0.381 e. The Bertz CT molecular complexity index is 1090. The van der Waals surface area contributed by atoms with E-state index in [0.29, 0.717) is 44.1 Å². The maximum Gasteiger partial charge on any atom is 0.233 e. The molecule has 1 amide bonds. The number of aromatic amines is 1. The van der Waals surface area contributed by atoms with E-state index >= 15 is 0 Å².